The number of carboxylic acid groups (broad SMARTS) is 4. The van der Waals surface area contributed by atoms with Crippen LogP contribution in [0, 0.1) is 0 Å². The second-order valence-corrected chi connectivity index (χ2v) is 8.66. The number of hydrogen-bond acceptors (Lipinski definition) is 4. The van der Waals surface area contributed by atoms with Crippen LogP contribution in [0.5, 0.6) is 0 Å². The average molecular weight is 602 g/mol. The van der Waals surface area contributed by atoms with Gasteiger partial charge in [-0.2, -0.15) is 0 Å². The third-order valence-corrected chi connectivity index (χ3v) is 6.40. The van der Waals surface area contributed by atoms with Crippen molar-refractivity contribution in [1.29, 1.82) is 0 Å². The zero-order valence-corrected chi connectivity index (χ0v) is 31.8. The van der Waals surface area contributed by atoms with Gasteiger partial charge in [0.2, 0.25) is 0 Å². The van der Waals surface area contributed by atoms with Gasteiger partial charge >= 0.3 is 142 Å². The fourth-order valence-electron chi connectivity index (χ4n) is 4.49. The first-order valence-corrected chi connectivity index (χ1v) is 11.5. The summed E-state index contributed by atoms with van der Waals surface area (Å²) in [5, 5.41) is 37.5. The summed E-state index contributed by atoms with van der Waals surface area (Å²) in [5.74, 6) is -5.25. The monoisotopic (exact) mass is 602 g/mol. The van der Waals surface area contributed by atoms with Crippen LogP contribution >= 0.6 is 0 Å². The van der Waals surface area contributed by atoms with Crippen molar-refractivity contribution in [3.63, 3.8) is 0 Å². The van der Waals surface area contributed by atoms with E-state index in [0.717, 1.165) is 22.3 Å². The fraction of sp³-hybridized carbons (Fsp3) is 0.0667. The van der Waals surface area contributed by atoms with E-state index in [2.05, 4.69) is 0 Å². The third kappa shape index (κ3) is 9.89. The average Bonchev–Trinajstić information content (AvgIpc) is 2.92. The molecular weight excluding hydrogens is 580 g/mol. The molecule has 8 nitrogen and oxygen atoms in total. The summed E-state index contributed by atoms with van der Waals surface area (Å²) in [6.07, 6.45) is 0. The Morgan fingerprint density at radius 3 is 0.595 bits per heavy atom. The molecule has 42 heavy (non-hydrogen) atoms. The summed E-state index contributed by atoms with van der Waals surface area (Å²) in [6.45, 7) is 0. The van der Waals surface area contributed by atoms with E-state index in [1.807, 2.05) is 0 Å². The molecule has 4 N–H and O–H groups in total. The number of benzene rings is 4. The molecule has 0 aromatic heterocycles. The molecule has 4 aromatic carbocycles. The number of hydrogen-bond donors (Lipinski definition) is 4. The molecule has 0 spiro atoms. The maximum Gasteiger partial charge on any atom is 1.00 e. The first-order valence-electron chi connectivity index (χ1n) is 11.5. The zero-order chi connectivity index (χ0) is 27.4. The maximum absolute atomic E-state index is 11.5. The minimum Gasteiger partial charge on any atom is -0.478 e. The van der Waals surface area contributed by atoms with Crippen LogP contribution in [-0.2, 0) is 0 Å². The zero-order valence-electron chi connectivity index (χ0n) is 23.8. The van der Waals surface area contributed by atoms with Gasteiger partial charge in [0, 0.05) is 11.8 Å². The molecule has 12 heteroatoms. The van der Waals surface area contributed by atoms with Crippen LogP contribution in [-0.4, -0.2) is 44.3 Å². The topological polar surface area (TPSA) is 149 Å². The Morgan fingerprint density at radius 2 is 0.476 bits per heavy atom. The molecule has 0 unspecified atom stereocenters. The normalized spacial score (nSPS) is 9.86. The molecule has 0 radical (unpaired) electrons. The van der Waals surface area contributed by atoms with Gasteiger partial charge < -0.3 is 20.4 Å². The molecule has 0 heterocycles. The van der Waals surface area contributed by atoms with Crippen LogP contribution < -0.4 is 118 Å². The number of carbonyl (C=O) groups is 4. The van der Waals surface area contributed by atoms with E-state index in [1.54, 1.807) is 48.5 Å². The molecule has 0 aliphatic heterocycles. The minimum atomic E-state index is -1.08. The largest absolute Gasteiger partial charge is 1.00 e. The second-order valence-electron chi connectivity index (χ2n) is 8.66. The predicted octanol–water partition coefficient (Wildman–Crippen LogP) is -6.54. The second kappa shape index (κ2) is 18.5. The van der Waals surface area contributed by atoms with Gasteiger partial charge in [-0.1, -0.05) is 48.5 Å². The molecule has 0 fully saturated rings. The maximum atomic E-state index is 11.5. The van der Waals surface area contributed by atoms with Crippen molar-refractivity contribution < 1.29 is 158 Å². The molecule has 0 saturated heterocycles. The molecular formula is C30H22Na4O8+4. The summed E-state index contributed by atoms with van der Waals surface area (Å²) in [6, 6.07) is 25.3. The van der Waals surface area contributed by atoms with Gasteiger partial charge in [0.15, 0.2) is 0 Å². The molecule has 0 aliphatic rings. The van der Waals surface area contributed by atoms with Crippen molar-refractivity contribution >= 4 is 23.9 Å². The molecule has 190 valence electrons. The Labute approximate surface area is 330 Å². The smallest absolute Gasteiger partial charge is 0.478 e. The number of aromatic carboxylic acids is 4. The van der Waals surface area contributed by atoms with E-state index < -0.39 is 35.7 Å². The van der Waals surface area contributed by atoms with Gasteiger partial charge in [0.05, 0.1) is 22.3 Å². The molecule has 0 aliphatic carbocycles. The van der Waals surface area contributed by atoms with Crippen LogP contribution in [0.15, 0.2) is 97.1 Å². The standard InChI is InChI=1S/C30H22O8.4Na/c31-27(32)21-9-1-17(2-10-21)25(18-3-11-22(12-4-18)28(33)34)26(19-5-13-23(14-6-19)29(35)36)20-7-15-24(16-8-20)30(37)38;;;;/h1-16,25-26H,(H,31,32)(H,33,34)(H,35,36)(H,37,38);;;;/q;4*+1. The van der Waals surface area contributed by atoms with Crippen LogP contribution in [0.25, 0.3) is 0 Å². The Bertz CT molecular complexity index is 1270. The Morgan fingerprint density at radius 1 is 0.333 bits per heavy atom. The van der Waals surface area contributed by atoms with E-state index in [1.165, 1.54) is 48.5 Å². The van der Waals surface area contributed by atoms with E-state index in [4.69, 9.17) is 0 Å². The van der Waals surface area contributed by atoms with Crippen LogP contribution in [0.4, 0.5) is 0 Å². The summed E-state index contributed by atoms with van der Waals surface area (Å²) in [4.78, 5) is 45.8. The molecule has 0 atom stereocenters. The number of carboxylic acids is 4. The van der Waals surface area contributed by atoms with Crippen LogP contribution in [0.1, 0.15) is 75.5 Å². The van der Waals surface area contributed by atoms with Gasteiger partial charge in [-0.15, -0.1) is 0 Å². The summed E-state index contributed by atoms with van der Waals surface area (Å²) < 4.78 is 0. The number of rotatable bonds is 9. The van der Waals surface area contributed by atoms with Crippen LogP contribution in [0.2, 0.25) is 0 Å². The van der Waals surface area contributed by atoms with E-state index in [-0.39, 0.29) is 140 Å². The minimum absolute atomic E-state index is 0. The van der Waals surface area contributed by atoms with Crippen LogP contribution in [0.3, 0.4) is 0 Å². The van der Waals surface area contributed by atoms with E-state index in [9.17, 15) is 39.6 Å². The molecule has 0 saturated carbocycles. The quantitative estimate of drug-likeness (QED) is 0.138. The third-order valence-electron chi connectivity index (χ3n) is 6.40. The van der Waals surface area contributed by atoms with Gasteiger partial charge in [0.25, 0.3) is 0 Å². The molecule has 0 amide bonds. The van der Waals surface area contributed by atoms with E-state index in [0.29, 0.717) is 0 Å². The van der Waals surface area contributed by atoms with Crippen molar-refractivity contribution in [2.45, 2.75) is 11.8 Å². The van der Waals surface area contributed by atoms with E-state index >= 15 is 0 Å². The predicted molar refractivity (Wildman–Crippen MR) is 137 cm³/mol. The summed E-state index contributed by atoms with van der Waals surface area (Å²) in [7, 11) is 0. The van der Waals surface area contributed by atoms with Gasteiger partial charge in [-0.05, 0) is 70.8 Å². The van der Waals surface area contributed by atoms with Gasteiger partial charge in [-0.3, -0.25) is 0 Å². The Kier molecular flexibility index (Phi) is 18.0. The van der Waals surface area contributed by atoms with Crippen molar-refractivity contribution in [3.05, 3.63) is 142 Å². The summed E-state index contributed by atoms with van der Waals surface area (Å²) >= 11 is 0. The van der Waals surface area contributed by atoms with Crippen molar-refractivity contribution in [2.24, 2.45) is 0 Å². The SMILES string of the molecule is O=C(O)c1ccc(C(c2ccc(C(=O)O)cc2)C(c2ccc(C(=O)O)cc2)c2ccc(C(=O)O)cc2)cc1.[Na+].[Na+].[Na+].[Na+]. The first kappa shape index (κ1) is 40.8. The van der Waals surface area contributed by atoms with Crippen molar-refractivity contribution in [2.75, 3.05) is 0 Å². The van der Waals surface area contributed by atoms with Gasteiger partial charge in [-0.25, -0.2) is 19.2 Å². The molecule has 4 rings (SSSR count). The molecule has 0 bridgehead atoms. The van der Waals surface area contributed by atoms with Crippen molar-refractivity contribution in [3.8, 4) is 0 Å². The van der Waals surface area contributed by atoms with Gasteiger partial charge in [0.1, 0.15) is 0 Å². The Hall–Kier alpha value is -1.24. The van der Waals surface area contributed by atoms with Crippen molar-refractivity contribution in [1.82, 2.24) is 0 Å². The first-order chi connectivity index (χ1) is 18.2. The summed E-state index contributed by atoms with van der Waals surface area (Å²) in [5.41, 5.74) is 3.31. The Balaban J connectivity index is 0.00000420. The molecule has 4 aromatic rings. The fourth-order valence-corrected chi connectivity index (χ4v) is 4.49.